The van der Waals surface area contributed by atoms with Crippen molar-refractivity contribution in [2.24, 2.45) is 5.92 Å². The molecule has 0 bridgehead atoms. The van der Waals surface area contributed by atoms with Gasteiger partial charge in [0.15, 0.2) is 0 Å². The third-order valence-corrected chi connectivity index (χ3v) is 5.46. The molecule has 1 saturated carbocycles. The highest BCUT2D eigenvalue weighted by atomic mass is 19.1. The van der Waals surface area contributed by atoms with E-state index in [4.69, 9.17) is 4.74 Å². The van der Waals surface area contributed by atoms with Gasteiger partial charge in [-0.1, -0.05) is 6.42 Å². The molecule has 2 aliphatic rings. The Hall–Kier alpha value is -1.99. The third-order valence-electron chi connectivity index (χ3n) is 5.46. The zero-order chi connectivity index (χ0) is 19.2. The molecule has 7 heteroatoms. The first-order chi connectivity index (χ1) is 13.1. The Bertz CT molecular complexity index is 648. The lowest BCUT2D eigenvalue weighted by Crippen LogP contribution is -2.53. The van der Waals surface area contributed by atoms with Gasteiger partial charge in [-0.3, -0.25) is 9.59 Å². The van der Waals surface area contributed by atoms with Crippen molar-refractivity contribution in [2.45, 2.75) is 56.8 Å². The van der Waals surface area contributed by atoms with Crippen LogP contribution in [0.3, 0.4) is 0 Å². The molecular weight excluding hydrogens is 351 g/mol. The van der Waals surface area contributed by atoms with Crippen LogP contribution < -0.4 is 10.6 Å². The largest absolute Gasteiger partial charge is 0.394 e. The molecule has 1 heterocycles. The Morgan fingerprint density at radius 2 is 1.89 bits per heavy atom. The number of hydrogen-bond donors (Lipinski definition) is 3. The molecule has 1 aromatic rings. The fourth-order valence-corrected chi connectivity index (χ4v) is 3.53. The van der Waals surface area contributed by atoms with Gasteiger partial charge in [0.2, 0.25) is 5.91 Å². The molecule has 1 aliphatic carbocycles. The predicted molar refractivity (Wildman–Crippen MR) is 97.6 cm³/mol. The second-order valence-corrected chi connectivity index (χ2v) is 7.35. The molecule has 27 heavy (non-hydrogen) atoms. The van der Waals surface area contributed by atoms with E-state index >= 15 is 0 Å². The molecule has 1 aromatic carbocycles. The maximum absolute atomic E-state index is 12.9. The molecule has 1 saturated heterocycles. The summed E-state index contributed by atoms with van der Waals surface area (Å²) >= 11 is 0. The number of amides is 2. The smallest absolute Gasteiger partial charge is 0.251 e. The van der Waals surface area contributed by atoms with Crippen molar-refractivity contribution < 1.29 is 23.8 Å². The molecule has 2 amide bonds. The molecule has 6 nitrogen and oxygen atoms in total. The second-order valence-electron chi connectivity index (χ2n) is 7.35. The first-order valence-corrected chi connectivity index (χ1v) is 9.67. The quantitative estimate of drug-likeness (QED) is 0.675. The molecular formula is C20H27FN2O4. The molecule has 0 radical (unpaired) electrons. The fraction of sp³-hybridized carbons (Fsp3) is 0.600. The highest BCUT2D eigenvalue weighted by molar-refractivity contribution is 5.94. The van der Waals surface area contributed by atoms with Gasteiger partial charge in [0, 0.05) is 18.0 Å². The van der Waals surface area contributed by atoms with Crippen molar-refractivity contribution in [1.29, 1.82) is 0 Å². The van der Waals surface area contributed by atoms with Crippen LogP contribution in [0.15, 0.2) is 24.3 Å². The average Bonchev–Trinajstić information content (AvgIpc) is 2.61. The van der Waals surface area contributed by atoms with E-state index in [9.17, 15) is 19.1 Å². The molecule has 2 fully saturated rings. The van der Waals surface area contributed by atoms with Gasteiger partial charge >= 0.3 is 0 Å². The van der Waals surface area contributed by atoms with Crippen LogP contribution in [0, 0.1) is 11.7 Å². The summed E-state index contributed by atoms with van der Waals surface area (Å²) in [7, 11) is 0. The summed E-state index contributed by atoms with van der Waals surface area (Å²) < 4.78 is 18.8. The summed E-state index contributed by atoms with van der Waals surface area (Å²) in [4.78, 5) is 24.1. The van der Waals surface area contributed by atoms with E-state index in [0.717, 1.165) is 32.1 Å². The van der Waals surface area contributed by atoms with Crippen LogP contribution in [-0.2, 0) is 9.53 Å². The number of benzene rings is 1. The zero-order valence-corrected chi connectivity index (χ0v) is 15.3. The van der Waals surface area contributed by atoms with Crippen molar-refractivity contribution in [1.82, 2.24) is 10.6 Å². The van der Waals surface area contributed by atoms with Gasteiger partial charge in [0.05, 0.1) is 18.8 Å². The maximum Gasteiger partial charge on any atom is 0.251 e. The summed E-state index contributed by atoms with van der Waals surface area (Å²) in [6.45, 7) is 0.284. The van der Waals surface area contributed by atoms with E-state index in [0.29, 0.717) is 18.5 Å². The standard InChI is InChI=1S/C20H27FN2O4/c21-15-6-4-14(5-7-15)19(25)22-11-10-16-8-9-17(18(12-24)27-16)23-20(26)13-2-1-3-13/h4-7,13,16-18,24H,1-3,8-12H2,(H,22,25)(H,23,26)/t16-,17+,18-/m1/s1. The Kier molecular flexibility index (Phi) is 6.79. The number of carbonyl (C=O) groups excluding carboxylic acids is 2. The molecule has 0 spiro atoms. The van der Waals surface area contributed by atoms with Crippen molar-refractivity contribution >= 4 is 11.8 Å². The van der Waals surface area contributed by atoms with Gasteiger partial charge in [0.1, 0.15) is 11.9 Å². The molecule has 3 rings (SSSR count). The average molecular weight is 378 g/mol. The number of rotatable bonds is 7. The molecule has 0 aromatic heterocycles. The molecule has 1 aliphatic heterocycles. The van der Waals surface area contributed by atoms with E-state index in [1.165, 1.54) is 24.3 Å². The number of aliphatic hydroxyl groups excluding tert-OH is 1. The Balaban J connectivity index is 1.40. The van der Waals surface area contributed by atoms with E-state index in [1.54, 1.807) is 0 Å². The lowest BCUT2D eigenvalue weighted by molar-refractivity contribution is -0.134. The highest BCUT2D eigenvalue weighted by Gasteiger charge is 2.34. The number of halogens is 1. The van der Waals surface area contributed by atoms with Crippen molar-refractivity contribution in [3.05, 3.63) is 35.6 Å². The summed E-state index contributed by atoms with van der Waals surface area (Å²) in [6, 6.07) is 5.23. The summed E-state index contributed by atoms with van der Waals surface area (Å²) in [5, 5.41) is 15.4. The van der Waals surface area contributed by atoms with Crippen LogP contribution >= 0.6 is 0 Å². The Labute approximate surface area is 158 Å². The van der Waals surface area contributed by atoms with E-state index in [-0.39, 0.29) is 42.3 Å². The van der Waals surface area contributed by atoms with Crippen LogP contribution in [0.5, 0.6) is 0 Å². The Morgan fingerprint density at radius 1 is 1.15 bits per heavy atom. The van der Waals surface area contributed by atoms with Gasteiger partial charge in [-0.05, 0) is 56.4 Å². The lowest BCUT2D eigenvalue weighted by atomic mass is 9.84. The molecule has 148 valence electrons. The van der Waals surface area contributed by atoms with Crippen molar-refractivity contribution in [3.63, 3.8) is 0 Å². The SMILES string of the molecule is O=C(NCC[C@H]1CC[C@H](NC(=O)C2CCC2)[C@@H](CO)O1)c1ccc(F)cc1. The minimum atomic E-state index is -0.416. The van der Waals surface area contributed by atoms with Crippen LogP contribution in [0.4, 0.5) is 4.39 Å². The first-order valence-electron chi connectivity index (χ1n) is 9.67. The van der Waals surface area contributed by atoms with E-state index in [1.807, 2.05) is 0 Å². The van der Waals surface area contributed by atoms with Gasteiger partial charge in [-0.2, -0.15) is 0 Å². The monoisotopic (exact) mass is 378 g/mol. The number of aliphatic hydroxyl groups is 1. The minimum absolute atomic E-state index is 0.0679. The predicted octanol–water partition coefficient (Wildman–Crippen LogP) is 1.77. The van der Waals surface area contributed by atoms with Crippen molar-refractivity contribution in [2.75, 3.05) is 13.2 Å². The number of hydrogen-bond acceptors (Lipinski definition) is 4. The Morgan fingerprint density at radius 3 is 2.52 bits per heavy atom. The second kappa shape index (κ2) is 9.28. The molecule has 3 N–H and O–H groups in total. The van der Waals surface area contributed by atoms with E-state index in [2.05, 4.69) is 10.6 Å². The van der Waals surface area contributed by atoms with Gasteiger partial charge in [0.25, 0.3) is 5.91 Å². The first kappa shape index (κ1) is 19.8. The van der Waals surface area contributed by atoms with Crippen LogP contribution in [0.2, 0.25) is 0 Å². The van der Waals surface area contributed by atoms with Gasteiger partial charge in [-0.15, -0.1) is 0 Å². The lowest BCUT2D eigenvalue weighted by Gasteiger charge is -2.37. The number of ether oxygens (including phenoxy) is 1. The maximum atomic E-state index is 12.9. The van der Waals surface area contributed by atoms with Gasteiger partial charge < -0.3 is 20.5 Å². The normalized spacial score (nSPS) is 25.5. The van der Waals surface area contributed by atoms with Crippen LogP contribution in [-0.4, -0.2) is 48.3 Å². The molecule has 0 unspecified atom stereocenters. The minimum Gasteiger partial charge on any atom is -0.394 e. The molecule has 3 atom stereocenters. The van der Waals surface area contributed by atoms with E-state index < -0.39 is 6.10 Å². The fourth-order valence-electron chi connectivity index (χ4n) is 3.53. The topological polar surface area (TPSA) is 87.7 Å². The van der Waals surface area contributed by atoms with Crippen LogP contribution in [0.25, 0.3) is 0 Å². The number of carbonyl (C=O) groups is 2. The zero-order valence-electron chi connectivity index (χ0n) is 15.3. The summed E-state index contributed by atoms with van der Waals surface area (Å²) in [5.74, 6) is -0.451. The van der Waals surface area contributed by atoms with Gasteiger partial charge in [-0.25, -0.2) is 4.39 Å². The number of nitrogens with one attached hydrogen (secondary N) is 2. The summed E-state index contributed by atoms with van der Waals surface area (Å²) in [6.07, 6.45) is 4.63. The van der Waals surface area contributed by atoms with Crippen molar-refractivity contribution in [3.8, 4) is 0 Å². The van der Waals surface area contributed by atoms with Crippen LogP contribution in [0.1, 0.15) is 48.9 Å². The third kappa shape index (κ3) is 5.26. The summed E-state index contributed by atoms with van der Waals surface area (Å²) in [5.41, 5.74) is 0.410. The highest BCUT2D eigenvalue weighted by Crippen LogP contribution is 2.28.